The van der Waals surface area contributed by atoms with E-state index in [1.807, 2.05) is 57.7 Å². The molecule has 1 heterocycles. The number of rotatable bonds is 24. The number of carbonyl (C=O) groups excluding carboxylic acids is 5. The van der Waals surface area contributed by atoms with Gasteiger partial charge in [-0.05, 0) is 56.9 Å². The van der Waals surface area contributed by atoms with E-state index in [1.54, 1.807) is 40.0 Å². The van der Waals surface area contributed by atoms with Gasteiger partial charge in [0.2, 0.25) is 29.5 Å². The van der Waals surface area contributed by atoms with Crippen LogP contribution in [0.5, 0.6) is 0 Å². The summed E-state index contributed by atoms with van der Waals surface area (Å²) in [7, 11) is 4.83. The first-order valence-electron chi connectivity index (χ1n) is 20.8. The molecule has 0 radical (unpaired) electrons. The Morgan fingerprint density at radius 2 is 1.68 bits per heavy atom. The molecule has 14 heteroatoms. The zero-order valence-electron chi connectivity index (χ0n) is 36.2. The summed E-state index contributed by atoms with van der Waals surface area (Å²) in [5.74, 6) is -2.26. The van der Waals surface area contributed by atoms with Gasteiger partial charge in [0.25, 0.3) is 0 Å². The van der Waals surface area contributed by atoms with Crippen molar-refractivity contribution in [1.29, 1.82) is 0 Å². The van der Waals surface area contributed by atoms with Crippen LogP contribution in [0.4, 0.5) is 0 Å². The highest BCUT2D eigenvalue weighted by Gasteiger charge is 2.46. The normalized spacial score (nSPS) is 19.5. The number of likely N-dealkylation sites (N-methyl/N-ethyl adjacent to an activating group) is 1. The van der Waals surface area contributed by atoms with Crippen LogP contribution < -0.4 is 21.7 Å². The average Bonchev–Trinajstić information content (AvgIpc) is 3.83. The molecule has 2 fully saturated rings. The maximum Gasteiger partial charge on any atom is 0.245 e. The molecule has 1 saturated heterocycles. The summed E-state index contributed by atoms with van der Waals surface area (Å²) in [6.07, 6.45) is 3.17. The smallest absolute Gasteiger partial charge is 0.245 e. The lowest BCUT2D eigenvalue weighted by atomic mass is 9.89. The highest BCUT2D eigenvalue weighted by atomic mass is 16.5. The third-order valence-corrected chi connectivity index (χ3v) is 12.1. The lowest BCUT2D eigenvalue weighted by Crippen LogP contribution is -2.62. The SMILES string of the molecule is CC[C@H](C)[C@@H]([C@@H](CC(=O)N1CCC[C@H]1[C@H](OC)[C@@H](C)C(=O)NCC1(c2ccccc2)CC1)OC)N(C)C(=O)[C@@H](NC(=O)C(C)(C)NC(=O)CCOCCN)C(C)C. The number of benzene rings is 1. The summed E-state index contributed by atoms with van der Waals surface area (Å²) in [6, 6.07) is 8.58. The molecule has 322 valence electrons. The van der Waals surface area contributed by atoms with Crippen molar-refractivity contribution >= 4 is 29.5 Å². The molecule has 2 aliphatic rings. The Kier molecular flexibility index (Phi) is 18.4. The zero-order valence-corrected chi connectivity index (χ0v) is 36.2. The topological polar surface area (TPSA) is 182 Å². The van der Waals surface area contributed by atoms with Crippen LogP contribution in [0, 0.1) is 17.8 Å². The third-order valence-electron chi connectivity index (χ3n) is 12.1. The van der Waals surface area contributed by atoms with E-state index >= 15 is 0 Å². The van der Waals surface area contributed by atoms with Gasteiger partial charge in [-0.25, -0.2) is 0 Å². The van der Waals surface area contributed by atoms with Gasteiger partial charge >= 0.3 is 0 Å². The molecule has 0 aromatic heterocycles. The minimum Gasteiger partial charge on any atom is -0.380 e. The zero-order chi connectivity index (χ0) is 42.5. The van der Waals surface area contributed by atoms with Gasteiger partial charge in [0, 0.05) is 52.7 Å². The number of carbonyl (C=O) groups is 5. The predicted molar refractivity (Wildman–Crippen MR) is 220 cm³/mol. The standard InChI is InChI=1S/C43H72N6O8/c1-11-29(4)37(48(8)40(53)36(28(2)3)46-41(54)42(6,7)47-34(50)19-24-57-25-22-44)33(55-9)26-35(51)49-23-15-18-32(49)38(56-10)30(5)39(52)45-27-43(20-21-43)31-16-13-12-14-17-31/h12-14,16-17,28-30,32-33,36-38H,11,15,18-27,44H2,1-10H3,(H,45,52)(H,46,54)(H,47,50)/t29-,30+,32-,33+,36-,37-,38+/m0/s1. The number of ether oxygens (including phenoxy) is 3. The van der Waals surface area contributed by atoms with Crippen molar-refractivity contribution in [1.82, 2.24) is 25.8 Å². The fourth-order valence-electron chi connectivity index (χ4n) is 8.11. The van der Waals surface area contributed by atoms with E-state index in [4.69, 9.17) is 19.9 Å². The van der Waals surface area contributed by atoms with E-state index in [0.717, 1.165) is 19.3 Å². The molecule has 5 N–H and O–H groups in total. The molecule has 1 saturated carbocycles. The molecule has 1 aromatic carbocycles. The highest BCUT2D eigenvalue weighted by molar-refractivity contribution is 5.94. The number of hydrogen-bond acceptors (Lipinski definition) is 9. The average molecular weight is 801 g/mol. The van der Waals surface area contributed by atoms with Crippen LogP contribution in [0.2, 0.25) is 0 Å². The minimum absolute atomic E-state index is 0.0169. The molecular formula is C43H72N6O8. The predicted octanol–water partition coefficient (Wildman–Crippen LogP) is 3.16. The van der Waals surface area contributed by atoms with E-state index in [-0.39, 0.29) is 66.4 Å². The van der Waals surface area contributed by atoms with Crippen LogP contribution >= 0.6 is 0 Å². The quantitative estimate of drug-likeness (QED) is 0.114. The number of hydrogen-bond donors (Lipinski definition) is 4. The maximum absolute atomic E-state index is 14.3. The fraction of sp³-hybridized carbons (Fsp3) is 0.744. The Morgan fingerprint density at radius 1 is 1.02 bits per heavy atom. The van der Waals surface area contributed by atoms with Crippen molar-refractivity contribution in [3.63, 3.8) is 0 Å². The first-order chi connectivity index (χ1) is 27.0. The van der Waals surface area contributed by atoms with Crippen molar-refractivity contribution in [3.05, 3.63) is 35.9 Å². The van der Waals surface area contributed by atoms with Crippen LogP contribution in [0.15, 0.2) is 30.3 Å². The van der Waals surface area contributed by atoms with Crippen molar-refractivity contribution in [2.45, 2.75) is 135 Å². The van der Waals surface area contributed by atoms with Crippen molar-refractivity contribution in [2.24, 2.45) is 23.5 Å². The van der Waals surface area contributed by atoms with E-state index in [2.05, 4.69) is 28.1 Å². The molecule has 57 heavy (non-hydrogen) atoms. The van der Waals surface area contributed by atoms with Crippen LogP contribution in [0.1, 0.15) is 99.0 Å². The second-order valence-corrected chi connectivity index (χ2v) is 17.0. The Bertz CT molecular complexity index is 1470. The summed E-state index contributed by atoms with van der Waals surface area (Å²) in [4.78, 5) is 71.7. The first-order valence-corrected chi connectivity index (χ1v) is 20.8. The van der Waals surface area contributed by atoms with E-state index in [1.165, 1.54) is 5.56 Å². The van der Waals surface area contributed by atoms with E-state index in [9.17, 15) is 24.0 Å². The second-order valence-electron chi connectivity index (χ2n) is 17.0. The van der Waals surface area contributed by atoms with Crippen molar-refractivity contribution in [3.8, 4) is 0 Å². The van der Waals surface area contributed by atoms with E-state index < -0.39 is 41.7 Å². The third kappa shape index (κ3) is 12.7. The summed E-state index contributed by atoms with van der Waals surface area (Å²) in [5.41, 5.74) is 5.34. The molecular weight excluding hydrogens is 729 g/mol. The second kappa shape index (κ2) is 22.0. The number of nitrogens with two attached hydrogens (primary N) is 1. The molecule has 14 nitrogen and oxygen atoms in total. The van der Waals surface area contributed by atoms with Crippen LogP contribution in [0.25, 0.3) is 0 Å². The molecule has 7 atom stereocenters. The number of nitrogens with zero attached hydrogens (tertiary/aromatic N) is 2. The summed E-state index contributed by atoms with van der Waals surface area (Å²) < 4.78 is 17.3. The van der Waals surface area contributed by atoms with Crippen LogP contribution in [-0.2, 0) is 43.6 Å². The van der Waals surface area contributed by atoms with Gasteiger partial charge in [0.15, 0.2) is 0 Å². The molecule has 0 spiro atoms. The Hall–Kier alpha value is -3.59. The summed E-state index contributed by atoms with van der Waals surface area (Å²) >= 11 is 0. The monoisotopic (exact) mass is 801 g/mol. The molecule has 0 unspecified atom stereocenters. The van der Waals surface area contributed by atoms with Gasteiger partial charge in [-0.2, -0.15) is 0 Å². The lowest BCUT2D eigenvalue weighted by Gasteiger charge is -2.41. The van der Waals surface area contributed by atoms with Gasteiger partial charge in [-0.3, -0.25) is 24.0 Å². The van der Waals surface area contributed by atoms with Gasteiger partial charge in [-0.1, -0.05) is 71.4 Å². The maximum atomic E-state index is 14.3. The molecule has 0 bridgehead atoms. The molecule has 5 amide bonds. The van der Waals surface area contributed by atoms with E-state index in [0.29, 0.717) is 39.1 Å². The summed E-state index contributed by atoms with van der Waals surface area (Å²) in [6.45, 7) is 14.7. The molecule has 3 rings (SSSR count). The van der Waals surface area contributed by atoms with Crippen molar-refractivity contribution in [2.75, 3.05) is 54.1 Å². The largest absolute Gasteiger partial charge is 0.380 e. The highest BCUT2D eigenvalue weighted by Crippen LogP contribution is 2.47. The minimum atomic E-state index is -1.30. The molecule has 1 aliphatic carbocycles. The van der Waals surface area contributed by atoms with Gasteiger partial charge < -0.3 is 45.7 Å². The van der Waals surface area contributed by atoms with Gasteiger partial charge in [-0.15, -0.1) is 0 Å². The molecule has 1 aromatic rings. The Balaban J connectivity index is 1.71. The molecule has 1 aliphatic heterocycles. The van der Waals surface area contributed by atoms with Crippen LogP contribution in [0.3, 0.4) is 0 Å². The lowest BCUT2D eigenvalue weighted by molar-refractivity contribution is -0.148. The number of likely N-dealkylation sites (tertiary alicyclic amines) is 1. The van der Waals surface area contributed by atoms with Gasteiger partial charge in [0.05, 0.1) is 49.8 Å². The first kappa shape index (κ1) is 47.8. The number of amides is 5. The Labute approximate surface area is 341 Å². The number of nitrogens with one attached hydrogen (secondary N) is 3. The summed E-state index contributed by atoms with van der Waals surface area (Å²) in [5, 5.41) is 8.82. The number of methoxy groups -OCH3 is 2. The fourth-order valence-corrected chi connectivity index (χ4v) is 8.11. The van der Waals surface area contributed by atoms with Crippen molar-refractivity contribution < 1.29 is 38.2 Å². The Morgan fingerprint density at radius 3 is 2.25 bits per heavy atom. The van der Waals surface area contributed by atoms with Gasteiger partial charge in [0.1, 0.15) is 11.6 Å². The van der Waals surface area contributed by atoms with Crippen LogP contribution in [-0.4, -0.2) is 129 Å².